The van der Waals surface area contributed by atoms with Crippen LogP contribution in [0.25, 0.3) is 22.3 Å². The molecule has 0 fully saturated rings. The first kappa shape index (κ1) is 19.3. The van der Waals surface area contributed by atoms with Crippen LogP contribution in [0, 0.1) is 0 Å². The fraction of sp³-hybridized carbons (Fsp3) is 0.263. The molecule has 0 atom stereocenters. The molecule has 4 heterocycles. The van der Waals surface area contributed by atoms with Crippen LogP contribution in [0.2, 0.25) is 0 Å². The number of amides is 1. The number of aryl methyl sites for hydroxylation is 1. The molecule has 0 aliphatic carbocycles. The Morgan fingerprint density at radius 3 is 2.63 bits per heavy atom. The van der Waals surface area contributed by atoms with Gasteiger partial charge in [0.2, 0.25) is 0 Å². The van der Waals surface area contributed by atoms with Crippen LogP contribution in [0.3, 0.4) is 0 Å². The Balaban J connectivity index is 1.85. The number of hydrogen-bond donors (Lipinski definition) is 3. The molecule has 154 valence electrons. The fourth-order valence-corrected chi connectivity index (χ4v) is 3.09. The second-order valence-corrected chi connectivity index (χ2v) is 7.07. The monoisotopic (exact) mass is 406 g/mol. The lowest BCUT2D eigenvalue weighted by atomic mass is 10.1. The minimum Gasteiger partial charge on any atom is -0.371 e. The molecule has 4 aromatic rings. The van der Waals surface area contributed by atoms with Gasteiger partial charge in [-0.05, 0) is 13.8 Å². The number of pyridine rings is 1. The van der Waals surface area contributed by atoms with E-state index in [4.69, 9.17) is 5.73 Å². The van der Waals surface area contributed by atoms with Crippen molar-refractivity contribution >= 4 is 34.3 Å². The number of carbonyl (C=O) groups excluding carboxylic acids is 1. The summed E-state index contributed by atoms with van der Waals surface area (Å²) in [6.45, 7) is 4.04. The van der Waals surface area contributed by atoms with Crippen LogP contribution < -0.4 is 16.4 Å². The number of rotatable bonds is 6. The topological polar surface area (TPSA) is 141 Å². The van der Waals surface area contributed by atoms with Crippen molar-refractivity contribution in [3.63, 3.8) is 0 Å². The third-order valence-corrected chi connectivity index (χ3v) is 4.65. The number of imidazole rings is 1. The number of primary amides is 1. The van der Waals surface area contributed by atoms with Gasteiger partial charge in [-0.1, -0.05) is 0 Å². The summed E-state index contributed by atoms with van der Waals surface area (Å²) in [5, 5.41) is 10.4. The summed E-state index contributed by atoms with van der Waals surface area (Å²) < 4.78 is 3.65. The number of nitrogens with two attached hydrogens (primary N) is 1. The average Bonchev–Trinajstić information content (AvgIpc) is 3.34. The van der Waals surface area contributed by atoms with Crippen molar-refractivity contribution in [3.8, 4) is 11.3 Å². The summed E-state index contributed by atoms with van der Waals surface area (Å²) in [4.78, 5) is 30.0. The fourth-order valence-electron chi connectivity index (χ4n) is 3.09. The molecule has 11 heteroatoms. The highest BCUT2D eigenvalue weighted by Gasteiger charge is 2.21. The largest absolute Gasteiger partial charge is 0.371 e. The highest BCUT2D eigenvalue weighted by Crippen LogP contribution is 2.32. The number of nitrogens with one attached hydrogen (secondary N) is 2. The third-order valence-electron chi connectivity index (χ3n) is 4.65. The van der Waals surface area contributed by atoms with Gasteiger partial charge in [0.25, 0.3) is 5.91 Å². The van der Waals surface area contributed by atoms with Crippen molar-refractivity contribution in [1.82, 2.24) is 34.3 Å². The maximum absolute atomic E-state index is 12.2. The smallest absolute Gasteiger partial charge is 0.271 e. The second kappa shape index (κ2) is 7.43. The normalized spacial score (nSPS) is 11.2. The minimum atomic E-state index is -0.702. The van der Waals surface area contributed by atoms with Crippen molar-refractivity contribution in [2.75, 3.05) is 17.7 Å². The summed E-state index contributed by atoms with van der Waals surface area (Å²) in [6.07, 6.45) is 8.53. The molecule has 0 aliphatic heterocycles. The van der Waals surface area contributed by atoms with Crippen LogP contribution in [0.15, 0.2) is 31.1 Å². The maximum Gasteiger partial charge on any atom is 0.271 e. The molecule has 0 aliphatic rings. The van der Waals surface area contributed by atoms with Gasteiger partial charge in [0.1, 0.15) is 11.2 Å². The molecule has 0 aromatic carbocycles. The van der Waals surface area contributed by atoms with Gasteiger partial charge in [0.05, 0.1) is 35.5 Å². The molecule has 4 rings (SSSR count). The van der Waals surface area contributed by atoms with Gasteiger partial charge in [0.15, 0.2) is 17.3 Å². The number of hydrogen-bond acceptors (Lipinski definition) is 8. The summed E-state index contributed by atoms with van der Waals surface area (Å²) >= 11 is 0. The molecule has 30 heavy (non-hydrogen) atoms. The first-order valence-corrected chi connectivity index (χ1v) is 9.35. The van der Waals surface area contributed by atoms with Gasteiger partial charge in [-0.15, -0.1) is 0 Å². The van der Waals surface area contributed by atoms with E-state index in [9.17, 15) is 4.79 Å². The van der Waals surface area contributed by atoms with Crippen molar-refractivity contribution in [1.29, 1.82) is 0 Å². The van der Waals surface area contributed by atoms with E-state index in [0.29, 0.717) is 28.3 Å². The van der Waals surface area contributed by atoms with E-state index < -0.39 is 5.91 Å². The van der Waals surface area contributed by atoms with E-state index in [2.05, 4.69) is 35.7 Å². The predicted octanol–water partition coefficient (Wildman–Crippen LogP) is 2.09. The zero-order valence-corrected chi connectivity index (χ0v) is 17.1. The highest BCUT2D eigenvalue weighted by molar-refractivity contribution is 5.99. The Kier molecular flexibility index (Phi) is 4.78. The van der Waals surface area contributed by atoms with Gasteiger partial charge >= 0.3 is 0 Å². The minimum absolute atomic E-state index is 0.00855. The predicted molar refractivity (Wildman–Crippen MR) is 113 cm³/mol. The Labute approximate surface area is 172 Å². The number of nitrogens with zero attached hydrogens (tertiary/aromatic N) is 7. The van der Waals surface area contributed by atoms with Gasteiger partial charge < -0.3 is 20.9 Å². The van der Waals surface area contributed by atoms with E-state index >= 15 is 0 Å². The van der Waals surface area contributed by atoms with Crippen molar-refractivity contribution in [2.45, 2.75) is 19.9 Å². The first-order chi connectivity index (χ1) is 14.4. The molecule has 11 nitrogen and oxygen atoms in total. The lowest BCUT2D eigenvalue weighted by Crippen LogP contribution is -2.18. The standard InChI is InChI=1S/C19H22N10O/c1-10(2)29-8-11(5-24-29)25-19-16(17(20)30)26-15(18(21-3)27-19)12-6-22-7-13-14(12)23-9-28(13)4/h5-10H,1-4H3,(H2,20,30)(H2,21,25,27). The van der Waals surface area contributed by atoms with Crippen LogP contribution in [0.4, 0.5) is 17.3 Å². The first-order valence-electron chi connectivity index (χ1n) is 9.35. The molecule has 0 radical (unpaired) electrons. The van der Waals surface area contributed by atoms with E-state index in [-0.39, 0.29) is 17.6 Å². The molecule has 0 unspecified atom stereocenters. The number of aromatic nitrogens is 7. The van der Waals surface area contributed by atoms with Crippen LogP contribution in [0.1, 0.15) is 30.4 Å². The Bertz CT molecular complexity index is 1240. The summed E-state index contributed by atoms with van der Waals surface area (Å²) in [5.74, 6) is -0.00919. The molecule has 0 saturated heterocycles. The van der Waals surface area contributed by atoms with Gasteiger partial charge in [-0.3, -0.25) is 14.5 Å². The SMILES string of the molecule is CNc1nc(Nc2cnn(C(C)C)c2)c(C(N)=O)nc1-c1cncc2c1ncn2C. The quantitative estimate of drug-likeness (QED) is 0.442. The summed E-state index contributed by atoms with van der Waals surface area (Å²) in [5.41, 5.74) is 8.91. The van der Waals surface area contributed by atoms with Crippen LogP contribution in [-0.2, 0) is 7.05 Å². The zero-order valence-electron chi connectivity index (χ0n) is 17.1. The third kappa shape index (κ3) is 3.30. The summed E-state index contributed by atoms with van der Waals surface area (Å²) in [6, 6.07) is 0.198. The van der Waals surface area contributed by atoms with Crippen molar-refractivity contribution < 1.29 is 4.79 Å². The lowest BCUT2D eigenvalue weighted by Gasteiger charge is -2.13. The molecular weight excluding hydrogens is 384 g/mol. The summed E-state index contributed by atoms with van der Waals surface area (Å²) in [7, 11) is 3.61. The Morgan fingerprint density at radius 1 is 1.17 bits per heavy atom. The second-order valence-electron chi connectivity index (χ2n) is 7.07. The number of carbonyl (C=O) groups is 1. The average molecular weight is 406 g/mol. The molecule has 4 N–H and O–H groups in total. The van der Waals surface area contributed by atoms with E-state index in [1.165, 1.54) is 0 Å². The van der Waals surface area contributed by atoms with Crippen molar-refractivity contribution in [3.05, 3.63) is 36.8 Å². The molecule has 0 bridgehead atoms. The maximum atomic E-state index is 12.2. The molecule has 4 aromatic heterocycles. The van der Waals surface area contributed by atoms with Gasteiger partial charge in [-0.25, -0.2) is 15.0 Å². The molecule has 1 amide bonds. The molecular formula is C19H22N10O. The van der Waals surface area contributed by atoms with E-state index in [0.717, 1.165) is 5.52 Å². The Hall–Kier alpha value is -4.02. The van der Waals surface area contributed by atoms with E-state index in [1.54, 1.807) is 36.6 Å². The van der Waals surface area contributed by atoms with Gasteiger partial charge in [-0.2, -0.15) is 5.10 Å². The van der Waals surface area contributed by atoms with Crippen molar-refractivity contribution in [2.24, 2.45) is 12.8 Å². The van der Waals surface area contributed by atoms with Crippen LogP contribution >= 0.6 is 0 Å². The lowest BCUT2D eigenvalue weighted by molar-refractivity contribution is 0.0996. The highest BCUT2D eigenvalue weighted by atomic mass is 16.1. The number of anilines is 3. The molecule has 0 spiro atoms. The van der Waals surface area contributed by atoms with Crippen LogP contribution in [-0.4, -0.2) is 47.2 Å². The Morgan fingerprint density at radius 2 is 1.97 bits per heavy atom. The van der Waals surface area contributed by atoms with E-state index in [1.807, 2.05) is 31.7 Å². The molecule has 0 saturated carbocycles. The van der Waals surface area contributed by atoms with Gasteiger partial charge in [0, 0.05) is 32.5 Å². The van der Waals surface area contributed by atoms with Crippen LogP contribution in [0.5, 0.6) is 0 Å². The zero-order chi connectivity index (χ0) is 21.4. The number of fused-ring (bicyclic) bond motifs is 1.